The maximum absolute atomic E-state index is 10.0. The molecule has 5 nitrogen and oxygen atoms in total. The Morgan fingerprint density at radius 3 is 3.00 bits per heavy atom. The van der Waals surface area contributed by atoms with Gasteiger partial charge in [0, 0.05) is 19.0 Å². The zero-order valence-corrected chi connectivity index (χ0v) is 11.0. The first kappa shape index (κ1) is 11.2. The standard InChI is InChI=1S/C14H18N4O/c1-9-4-13-15-8-16-18(13)14(5-9)17-6-10-2-3-12(19)11(10)7-17/h4-5,8,10-12,19H,2-3,6-7H2,1H3. The maximum Gasteiger partial charge on any atom is 0.157 e. The van der Waals surface area contributed by atoms with Crippen LogP contribution in [0.2, 0.25) is 0 Å². The fourth-order valence-corrected chi connectivity index (χ4v) is 3.68. The summed E-state index contributed by atoms with van der Waals surface area (Å²) < 4.78 is 1.90. The molecule has 2 aromatic heterocycles. The highest BCUT2D eigenvalue weighted by atomic mass is 16.3. The van der Waals surface area contributed by atoms with Crippen LogP contribution >= 0.6 is 0 Å². The molecule has 5 heteroatoms. The third kappa shape index (κ3) is 1.64. The Labute approximate surface area is 111 Å². The normalized spacial score (nSPS) is 30.2. The summed E-state index contributed by atoms with van der Waals surface area (Å²) in [6.45, 7) is 4.05. The van der Waals surface area contributed by atoms with Gasteiger partial charge in [0.15, 0.2) is 5.65 Å². The molecule has 3 unspecified atom stereocenters. The number of hydrogen-bond acceptors (Lipinski definition) is 4. The van der Waals surface area contributed by atoms with Crippen molar-refractivity contribution in [3.8, 4) is 0 Å². The lowest BCUT2D eigenvalue weighted by molar-refractivity contribution is 0.133. The number of rotatable bonds is 1. The minimum atomic E-state index is -0.119. The highest BCUT2D eigenvalue weighted by Crippen LogP contribution is 2.39. The molecule has 2 aromatic rings. The second-order valence-corrected chi connectivity index (χ2v) is 5.89. The van der Waals surface area contributed by atoms with E-state index in [4.69, 9.17) is 0 Å². The smallest absolute Gasteiger partial charge is 0.157 e. The highest BCUT2D eigenvalue weighted by Gasteiger charge is 2.42. The predicted molar refractivity (Wildman–Crippen MR) is 72.2 cm³/mol. The number of aliphatic hydroxyl groups excluding tert-OH is 1. The molecule has 1 N–H and O–H groups in total. The monoisotopic (exact) mass is 258 g/mol. The van der Waals surface area contributed by atoms with E-state index in [1.165, 1.54) is 5.56 Å². The summed E-state index contributed by atoms with van der Waals surface area (Å²) in [5.74, 6) is 2.17. The third-order valence-electron chi connectivity index (χ3n) is 4.65. The first-order valence-electron chi connectivity index (χ1n) is 6.96. The van der Waals surface area contributed by atoms with E-state index >= 15 is 0 Å². The van der Waals surface area contributed by atoms with Crippen molar-refractivity contribution in [2.24, 2.45) is 11.8 Å². The van der Waals surface area contributed by atoms with Crippen LogP contribution in [0.1, 0.15) is 18.4 Å². The van der Waals surface area contributed by atoms with Crippen LogP contribution < -0.4 is 4.90 Å². The number of aryl methyl sites for hydroxylation is 1. The first-order chi connectivity index (χ1) is 9.22. The Kier molecular flexibility index (Phi) is 2.33. The van der Waals surface area contributed by atoms with Crippen molar-refractivity contribution in [1.82, 2.24) is 14.6 Å². The fourth-order valence-electron chi connectivity index (χ4n) is 3.68. The zero-order chi connectivity index (χ0) is 13.0. The zero-order valence-electron chi connectivity index (χ0n) is 11.0. The molecular weight excluding hydrogens is 240 g/mol. The van der Waals surface area contributed by atoms with Gasteiger partial charge >= 0.3 is 0 Å². The summed E-state index contributed by atoms with van der Waals surface area (Å²) in [6, 6.07) is 4.21. The first-order valence-corrected chi connectivity index (χ1v) is 6.96. The summed E-state index contributed by atoms with van der Waals surface area (Å²) in [5, 5.41) is 14.3. The van der Waals surface area contributed by atoms with Crippen LogP contribution in [0.25, 0.3) is 5.65 Å². The number of aromatic nitrogens is 3. The average Bonchev–Trinajstić information content (AvgIpc) is 3.05. The van der Waals surface area contributed by atoms with Gasteiger partial charge in [-0.2, -0.15) is 9.61 Å². The summed E-state index contributed by atoms with van der Waals surface area (Å²) >= 11 is 0. The summed E-state index contributed by atoms with van der Waals surface area (Å²) in [4.78, 5) is 6.63. The highest BCUT2D eigenvalue weighted by molar-refractivity contribution is 5.53. The number of fused-ring (bicyclic) bond motifs is 2. The largest absolute Gasteiger partial charge is 0.393 e. The Bertz CT molecular complexity index is 623. The molecule has 0 amide bonds. The fraction of sp³-hybridized carbons (Fsp3) is 0.571. The molecule has 4 rings (SSSR count). The van der Waals surface area contributed by atoms with Crippen molar-refractivity contribution in [2.45, 2.75) is 25.9 Å². The number of aliphatic hydroxyl groups is 1. The van der Waals surface area contributed by atoms with Crippen LogP contribution in [-0.2, 0) is 0 Å². The lowest BCUT2D eigenvalue weighted by atomic mass is 10.00. The van der Waals surface area contributed by atoms with Gasteiger partial charge in [0.25, 0.3) is 0 Å². The Morgan fingerprint density at radius 1 is 1.26 bits per heavy atom. The Morgan fingerprint density at radius 2 is 2.16 bits per heavy atom. The molecule has 1 saturated heterocycles. The van der Waals surface area contributed by atoms with E-state index in [0.29, 0.717) is 11.8 Å². The van der Waals surface area contributed by atoms with Crippen LogP contribution in [-0.4, -0.2) is 38.9 Å². The molecule has 2 fully saturated rings. The van der Waals surface area contributed by atoms with Gasteiger partial charge in [0.1, 0.15) is 12.1 Å². The molecule has 0 spiro atoms. The minimum Gasteiger partial charge on any atom is -0.393 e. The lowest BCUT2D eigenvalue weighted by Gasteiger charge is -2.21. The van der Waals surface area contributed by atoms with Crippen LogP contribution in [0.4, 0.5) is 5.82 Å². The van der Waals surface area contributed by atoms with Crippen molar-refractivity contribution < 1.29 is 5.11 Å². The topological polar surface area (TPSA) is 53.7 Å². The molecule has 0 radical (unpaired) electrons. The van der Waals surface area contributed by atoms with Gasteiger partial charge in [-0.3, -0.25) is 0 Å². The van der Waals surface area contributed by atoms with E-state index in [9.17, 15) is 5.11 Å². The van der Waals surface area contributed by atoms with E-state index in [0.717, 1.165) is 37.4 Å². The van der Waals surface area contributed by atoms with E-state index in [-0.39, 0.29) is 6.10 Å². The Balaban J connectivity index is 1.74. The number of pyridine rings is 1. The van der Waals surface area contributed by atoms with Crippen molar-refractivity contribution >= 4 is 11.5 Å². The molecular formula is C14H18N4O. The van der Waals surface area contributed by atoms with Gasteiger partial charge in [-0.25, -0.2) is 4.98 Å². The van der Waals surface area contributed by atoms with Gasteiger partial charge in [0.05, 0.1) is 6.10 Å². The molecule has 19 heavy (non-hydrogen) atoms. The minimum absolute atomic E-state index is 0.119. The molecule has 3 atom stereocenters. The van der Waals surface area contributed by atoms with Crippen LogP contribution in [0.3, 0.4) is 0 Å². The van der Waals surface area contributed by atoms with Crippen molar-refractivity contribution in [3.05, 3.63) is 24.0 Å². The molecule has 0 aromatic carbocycles. The second-order valence-electron chi connectivity index (χ2n) is 5.89. The molecule has 0 bridgehead atoms. The molecule has 1 saturated carbocycles. The van der Waals surface area contributed by atoms with Crippen molar-refractivity contribution in [2.75, 3.05) is 18.0 Å². The van der Waals surface area contributed by atoms with Gasteiger partial charge < -0.3 is 10.0 Å². The molecule has 2 aliphatic rings. The average molecular weight is 258 g/mol. The van der Waals surface area contributed by atoms with E-state index < -0.39 is 0 Å². The maximum atomic E-state index is 10.0. The number of hydrogen-bond donors (Lipinski definition) is 1. The summed E-state index contributed by atoms with van der Waals surface area (Å²) in [7, 11) is 0. The Hall–Kier alpha value is -1.62. The third-order valence-corrected chi connectivity index (χ3v) is 4.65. The number of nitrogens with zero attached hydrogens (tertiary/aromatic N) is 4. The van der Waals surface area contributed by atoms with Crippen molar-refractivity contribution in [1.29, 1.82) is 0 Å². The van der Waals surface area contributed by atoms with E-state index in [1.807, 2.05) is 10.6 Å². The van der Waals surface area contributed by atoms with Gasteiger partial charge in [-0.05, 0) is 43.4 Å². The van der Waals surface area contributed by atoms with E-state index in [1.54, 1.807) is 6.33 Å². The van der Waals surface area contributed by atoms with Crippen LogP contribution in [0.5, 0.6) is 0 Å². The summed E-state index contributed by atoms with van der Waals surface area (Å²) in [5.41, 5.74) is 2.10. The second kappa shape index (κ2) is 3.93. The van der Waals surface area contributed by atoms with Gasteiger partial charge in [-0.1, -0.05) is 0 Å². The molecule has 1 aliphatic heterocycles. The van der Waals surface area contributed by atoms with Crippen LogP contribution in [0, 0.1) is 18.8 Å². The quantitative estimate of drug-likeness (QED) is 0.836. The lowest BCUT2D eigenvalue weighted by Crippen LogP contribution is -2.26. The van der Waals surface area contributed by atoms with Crippen molar-refractivity contribution in [3.63, 3.8) is 0 Å². The van der Waals surface area contributed by atoms with Gasteiger partial charge in [-0.15, -0.1) is 0 Å². The van der Waals surface area contributed by atoms with Crippen LogP contribution in [0.15, 0.2) is 18.5 Å². The summed E-state index contributed by atoms with van der Waals surface area (Å²) in [6.07, 6.45) is 3.60. The molecule has 1 aliphatic carbocycles. The van der Waals surface area contributed by atoms with Gasteiger partial charge in [0.2, 0.25) is 0 Å². The molecule has 100 valence electrons. The van der Waals surface area contributed by atoms with E-state index in [2.05, 4.69) is 28.0 Å². The molecule has 3 heterocycles. The SMILES string of the molecule is Cc1cc(N2CC3CCC(O)C3C2)n2ncnc2c1. The predicted octanol–water partition coefficient (Wildman–Crippen LogP) is 1.24. The number of anilines is 1.